The molecular formula is C9H11NO4S2. The van der Waals surface area contributed by atoms with Gasteiger partial charge in [0.1, 0.15) is 0 Å². The summed E-state index contributed by atoms with van der Waals surface area (Å²) in [5.74, 6) is 0.283. The van der Waals surface area contributed by atoms with E-state index in [1.165, 1.54) is 12.1 Å². The molecule has 1 aromatic heterocycles. The van der Waals surface area contributed by atoms with E-state index in [4.69, 9.17) is 4.84 Å². The average molecular weight is 261 g/mol. The summed E-state index contributed by atoms with van der Waals surface area (Å²) < 4.78 is 0.723. The molecular weight excluding hydrogens is 250 g/mol. The number of hydrogen-bond acceptors (Lipinski definition) is 6. The highest BCUT2D eigenvalue weighted by Crippen LogP contribution is 2.43. The summed E-state index contributed by atoms with van der Waals surface area (Å²) in [4.78, 5) is 16.8. The first-order chi connectivity index (χ1) is 7.53. The number of carbonyl (C=O) groups is 1. The summed E-state index contributed by atoms with van der Waals surface area (Å²) in [5, 5.41) is 18.6. The molecule has 0 aliphatic carbocycles. The Bertz CT molecular complexity index is 392. The van der Waals surface area contributed by atoms with Crippen molar-refractivity contribution in [2.75, 3.05) is 11.5 Å². The Labute approximate surface area is 100 Å². The van der Waals surface area contributed by atoms with Gasteiger partial charge in [0.25, 0.3) is 0 Å². The largest absolute Gasteiger partial charge is 0.492 e. The second-order valence-electron chi connectivity index (χ2n) is 3.81. The summed E-state index contributed by atoms with van der Waals surface area (Å²) >= 11 is 0. The smallest absolute Gasteiger partial charge is 0.340 e. The second-order valence-corrected chi connectivity index (χ2v) is 6.27. The van der Waals surface area contributed by atoms with Gasteiger partial charge in [-0.2, -0.15) is 0 Å². The van der Waals surface area contributed by atoms with Crippen LogP contribution in [0.1, 0.15) is 6.92 Å². The molecule has 2 N–H and O–H groups in total. The fourth-order valence-corrected chi connectivity index (χ4v) is 4.51. The molecule has 1 saturated heterocycles. The molecule has 88 valence electrons. The minimum absolute atomic E-state index is 0.298. The minimum atomic E-state index is -0.571. The van der Waals surface area contributed by atoms with E-state index in [2.05, 4.69) is 0 Å². The predicted molar refractivity (Wildman–Crippen MR) is 62.4 cm³/mol. The Balaban J connectivity index is 2.13. The Morgan fingerprint density at radius 3 is 2.38 bits per heavy atom. The minimum Gasteiger partial charge on any atom is -0.492 e. The summed E-state index contributed by atoms with van der Waals surface area (Å²) in [6, 6.07) is 2.51. The van der Waals surface area contributed by atoms with E-state index in [9.17, 15) is 15.0 Å². The molecule has 16 heavy (non-hydrogen) atoms. The Morgan fingerprint density at radius 1 is 1.38 bits per heavy atom. The summed E-state index contributed by atoms with van der Waals surface area (Å²) in [6.45, 7) is 1.81. The summed E-state index contributed by atoms with van der Waals surface area (Å²) in [7, 11) is 3.22. The van der Waals surface area contributed by atoms with Crippen LogP contribution in [0, 0.1) is 5.41 Å². The van der Waals surface area contributed by atoms with Crippen LogP contribution in [0.25, 0.3) is 0 Å². The number of aromatic hydroxyl groups is 2. The molecule has 0 bridgehead atoms. The molecule has 0 amide bonds. The fraction of sp³-hybridized carbons (Fsp3) is 0.444. The van der Waals surface area contributed by atoms with Crippen LogP contribution in [0.2, 0.25) is 0 Å². The number of hydrogen-bond donors (Lipinski definition) is 2. The topological polar surface area (TPSA) is 71.7 Å². The average Bonchev–Trinajstić information content (AvgIpc) is 2.80. The molecule has 7 heteroatoms. The maximum atomic E-state index is 11.8. The first-order valence-corrected chi connectivity index (χ1v) is 7.09. The first kappa shape index (κ1) is 11.5. The highest BCUT2D eigenvalue weighted by Gasteiger charge is 2.40. The number of nitrogens with zero attached hydrogens (tertiary/aromatic N) is 1. The van der Waals surface area contributed by atoms with Gasteiger partial charge in [0.05, 0.1) is 5.41 Å². The Morgan fingerprint density at radius 2 is 1.88 bits per heavy atom. The highest BCUT2D eigenvalue weighted by atomic mass is 33.1. The van der Waals surface area contributed by atoms with Crippen LogP contribution < -0.4 is 4.84 Å². The van der Waals surface area contributed by atoms with Gasteiger partial charge in [0.15, 0.2) is 0 Å². The van der Waals surface area contributed by atoms with Crippen molar-refractivity contribution in [1.29, 1.82) is 0 Å². The van der Waals surface area contributed by atoms with Crippen molar-refractivity contribution in [3.8, 4) is 11.8 Å². The number of rotatable bonds is 2. The van der Waals surface area contributed by atoms with E-state index >= 15 is 0 Å². The number of aromatic nitrogens is 1. The molecule has 0 radical (unpaired) electrons. The highest BCUT2D eigenvalue weighted by molar-refractivity contribution is 8.77. The van der Waals surface area contributed by atoms with Gasteiger partial charge in [0.2, 0.25) is 11.8 Å². The molecule has 0 spiro atoms. The molecule has 1 aromatic rings. The van der Waals surface area contributed by atoms with Crippen LogP contribution in [0.5, 0.6) is 11.8 Å². The Kier molecular flexibility index (Phi) is 2.98. The molecule has 0 saturated carbocycles. The lowest BCUT2D eigenvalue weighted by Crippen LogP contribution is -2.37. The molecule has 2 heterocycles. The third kappa shape index (κ3) is 1.97. The fourth-order valence-electron chi connectivity index (χ4n) is 1.19. The van der Waals surface area contributed by atoms with E-state index in [1.807, 2.05) is 0 Å². The summed E-state index contributed by atoms with van der Waals surface area (Å²) in [6.07, 6.45) is 0. The van der Waals surface area contributed by atoms with Crippen LogP contribution in [0.15, 0.2) is 12.1 Å². The zero-order chi connectivity index (χ0) is 11.8. The van der Waals surface area contributed by atoms with Crippen LogP contribution >= 0.6 is 21.6 Å². The quantitative estimate of drug-likeness (QED) is 0.781. The van der Waals surface area contributed by atoms with Crippen LogP contribution in [0.3, 0.4) is 0 Å². The van der Waals surface area contributed by atoms with E-state index in [0.717, 1.165) is 4.73 Å². The van der Waals surface area contributed by atoms with E-state index in [1.54, 1.807) is 28.5 Å². The van der Waals surface area contributed by atoms with Crippen molar-refractivity contribution >= 4 is 27.6 Å². The van der Waals surface area contributed by atoms with Crippen molar-refractivity contribution < 1.29 is 19.8 Å². The van der Waals surface area contributed by atoms with Crippen LogP contribution in [-0.2, 0) is 4.79 Å². The van der Waals surface area contributed by atoms with Gasteiger partial charge in [-0.1, -0.05) is 21.6 Å². The molecule has 1 fully saturated rings. The lowest BCUT2D eigenvalue weighted by atomic mass is 9.97. The van der Waals surface area contributed by atoms with Gasteiger partial charge in [-0.15, -0.1) is 4.73 Å². The lowest BCUT2D eigenvalue weighted by molar-refractivity contribution is -0.154. The van der Waals surface area contributed by atoms with E-state index < -0.39 is 11.4 Å². The molecule has 0 aromatic carbocycles. The second kappa shape index (κ2) is 4.14. The van der Waals surface area contributed by atoms with Gasteiger partial charge >= 0.3 is 5.97 Å². The zero-order valence-electron chi connectivity index (χ0n) is 8.54. The summed E-state index contributed by atoms with van der Waals surface area (Å²) in [5.41, 5.74) is -0.571. The van der Waals surface area contributed by atoms with Crippen LogP contribution in [0.4, 0.5) is 0 Å². The van der Waals surface area contributed by atoms with Crippen molar-refractivity contribution in [2.24, 2.45) is 5.41 Å². The molecule has 1 aliphatic heterocycles. The zero-order valence-corrected chi connectivity index (χ0v) is 10.2. The predicted octanol–water partition coefficient (Wildman–Crippen LogP) is 1.26. The van der Waals surface area contributed by atoms with E-state index in [0.29, 0.717) is 11.5 Å². The van der Waals surface area contributed by atoms with Gasteiger partial charge in [-0.3, -0.25) is 0 Å². The number of carbonyl (C=O) groups excluding carboxylic acids is 1. The molecule has 1 aliphatic rings. The van der Waals surface area contributed by atoms with Crippen molar-refractivity contribution in [3.63, 3.8) is 0 Å². The standard InChI is InChI=1S/C9H11NO4S2/c1-9(4-15-16-5-9)8(13)14-10-6(11)2-3-7(10)12/h2-3,11-12H,4-5H2,1H3. The third-order valence-corrected chi connectivity index (χ3v) is 5.19. The van der Waals surface area contributed by atoms with Crippen LogP contribution in [-0.4, -0.2) is 32.4 Å². The third-order valence-electron chi connectivity index (χ3n) is 2.30. The SMILES string of the molecule is CC1(C(=O)On2c(O)ccc2O)CSSC1. The van der Waals surface area contributed by atoms with Crippen molar-refractivity contribution in [1.82, 2.24) is 4.73 Å². The molecule has 0 atom stereocenters. The normalized spacial score (nSPS) is 18.6. The monoisotopic (exact) mass is 261 g/mol. The maximum absolute atomic E-state index is 11.8. The maximum Gasteiger partial charge on any atom is 0.340 e. The first-order valence-electron chi connectivity index (χ1n) is 4.60. The van der Waals surface area contributed by atoms with Gasteiger partial charge in [0, 0.05) is 23.6 Å². The van der Waals surface area contributed by atoms with E-state index in [-0.39, 0.29) is 11.8 Å². The van der Waals surface area contributed by atoms with Crippen molar-refractivity contribution in [3.05, 3.63) is 12.1 Å². The molecule has 5 nitrogen and oxygen atoms in total. The van der Waals surface area contributed by atoms with Gasteiger partial charge in [-0.25, -0.2) is 4.79 Å². The van der Waals surface area contributed by atoms with Crippen molar-refractivity contribution in [2.45, 2.75) is 6.92 Å². The Hall–Kier alpha value is -0.950. The van der Waals surface area contributed by atoms with Gasteiger partial charge in [-0.05, 0) is 6.92 Å². The molecule has 2 rings (SSSR count). The van der Waals surface area contributed by atoms with Gasteiger partial charge < -0.3 is 15.1 Å². The molecule has 0 unspecified atom stereocenters. The lowest BCUT2D eigenvalue weighted by Gasteiger charge is -2.19.